The molecule has 1 aromatic heterocycles. The number of rotatable bonds is 8. The molecule has 2 aromatic rings. The van der Waals surface area contributed by atoms with Gasteiger partial charge in [-0.2, -0.15) is 0 Å². The molecule has 0 saturated carbocycles. The number of nitrogens with one attached hydrogen (secondary N) is 2. The van der Waals surface area contributed by atoms with E-state index in [1.165, 1.54) is 0 Å². The predicted molar refractivity (Wildman–Crippen MR) is 86.4 cm³/mol. The summed E-state index contributed by atoms with van der Waals surface area (Å²) in [4.78, 5) is 36.8. The van der Waals surface area contributed by atoms with Gasteiger partial charge in [-0.1, -0.05) is 18.2 Å². The largest absolute Gasteiger partial charge is 0.481 e. The Morgan fingerprint density at radius 1 is 1.21 bits per heavy atom. The smallest absolute Gasteiger partial charge is 0.326 e. The molecule has 0 aliphatic carbocycles. The maximum absolute atomic E-state index is 12.1. The number of hydrogen-bond acceptors (Lipinski definition) is 4. The summed E-state index contributed by atoms with van der Waals surface area (Å²) in [6.07, 6.45) is 1.45. The summed E-state index contributed by atoms with van der Waals surface area (Å²) in [5, 5.41) is 20.9. The first-order valence-electron chi connectivity index (χ1n) is 7.44. The van der Waals surface area contributed by atoms with Gasteiger partial charge < -0.3 is 26.2 Å². The monoisotopic (exact) mass is 333 g/mol. The maximum Gasteiger partial charge on any atom is 0.326 e. The fraction of sp³-hybridized carbons (Fsp3) is 0.312. The summed E-state index contributed by atoms with van der Waals surface area (Å²) in [6.45, 7) is 0. The Hall–Kier alpha value is -2.87. The van der Waals surface area contributed by atoms with Crippen LogP contribution in [0.4, 0.5) is 0 Å². The number of aliphatic carboxylic acids is 2. The van der Waals surface area contributed by atoms with Crippen molar-refractivity contribution in [2.24, 2.45) is 5.73 Å². The van der Waals surface area contributed by atoms with Crippen molar-refractivity contribution in [3.8, 4) is 0 Å². The number of fused-ring (bicyclic) bond motifs is 1. The number of carboxylic acid groups (broad SMARTS) is 2. The third-order valence-corrected chi connectivity index (χ3v) is 3.71. The summed E-state index contributed by atoms with van der Waals surface area (Å²) >= 11 is 0. The van der Waals surface area contributed by atoms with Crippen LogP contribution in [0.5, 0.6) is 0 Å². The highest BCUT2D eigenvalue weighted by atomic mass is 16.4. The van der Waals surface area contributed by atoms with E-state index >= 15 is 0 Å². The van der Waals surface area contributed by atoms with Crippen molar-refractivity contribution in [1.82, 2.24) is 10.3 Å². The van der Waals surface area contributed by atoms with Crippen molar-refractivity contribution in [3.05, 3.63) is 36.0 Å². The topological polar surface area (TPSA) is 146 Å². The molecule has 1 heterocycles. The fourth-order valence-corrected chi connectivity index (χ4v) is 2.43. The van der Waals surface area contributed by atoms with Crippen molar-refractivity contribution in [1.29, 1.82) is 0 Å². The van der Waals surface area contributed by atoms with E-state index in [4.69, 9.17) is 15.9 Å². The van der Waals surface area contributed by atoms with E-state index in [9.17, 15) is 14.4 Å². The number of benzene rings is 1. The summed E-state index contributed by atoms with van der Waals surface area (Å²) in [5.41, 5.74) is 7.64. The number of aromatic amines is 1. The molecule has 0 unspecified atom stereocenters. The van der Waals surface area contributed by atoms with E-state index in [-0.39, 0.29) is 19.3 Å². The van der Waals surface area contributed by atoms with Gasteiger partial charge in [0.15, 0.2) is 0 Å². The Morgan fingerprint density at radius 2 is 1.92 bits per heavy atom. The average Bonchev–Trinajstić information content (AvgIpc) is 2.94. The molecular formula is C16H19N3O5. The maximum atomic E-state index is 12.1. The lowest BCUT2D eigenvalue weighted by molar-refractivity contribution is -0.143. The van der Waals surface area contributed by atoms with Crippen LogP contribution >= 0.6 is 0 Å². The molecule has 2 atom stereocenters. The summed E-state index contributed by atoms with van der Waals surface area (Å²) in [6, 6.07) is 5.35. The van der Waals surface area contributed by atoms with Crippen molar-refractivity contribution < 1.29 is 24.6 Å². The molecule has 0 radical (unpaired) electrons. The quantitative estimate of drug-likeness (QED) is 0.475. The lowest BCUT2D eigenvalue weighted by Gasteiger charge is -2.17. The van der Waals surface area contributed by atoms with Crippen LogP contribution in [0.25, 0.3) is 10.9 Å². The Bertz CT molecular complexity index is 755. The van der Waals surface area contributed by atoms with Gasteiger partial charge in [0.2, 0.25) is 5.91 Å². The van der Waals surface area contributed by atoms with Crippen LogP contribution in [0.2, 0.25) is 0 Å². The van der Waals surface area contributed by atoms with Crippen molar-refractivity contribution in [3.63, 3.8) is 0 Å². The molecule has 6 N–H and O–H groups in total. The number of carboxylic acids is 2. The summed E-state index contributed by atoms with van der Waals surface area (Å²) < 4.78 is 0. The highest BCUT2D eigenvalue weighted by Crippen LogP contribution is 2.18. The number of carbonyl (C=O) groups is 3. The number of nitrogens with two attached hydrogens (primary N) is 1. The van der Waals surface area contributed by atoms with Gasteiger partial charge in [-0.15, -0.1) is 0 Å². The number of para-hydroxylation sites is 1. The van der Waals surface area contributed by atoms with Crippen LogP contribution in [-0.2, 0) is 20.8 Å². The molecule has 0 fully saturated rings. The molecule has 2 rings (SSSR count). The van der Waals surface area contributed by atoms with E-state index in [1.54, 1.807) is 6.20 Å². The van der Waals surface area contributed by atoms with E-state index in [0.717, 1.165) is 16.5 Å². The molecular weight excluding hydrogens is 314 g/mol. The lowest BCUT2D eigenvalue weighted by Crippen LogP contribution is -2.49. The minimum atomic E-state index is -1.29. The second kappa shape index (κ2) is 7.60. The van der Waals surface area contributed by atoms with Gasteiger partial charge in [0.25, 0.3) is 0 Å². The molecule has 0 aliphatic rings. The van der Waals surface area contributed by atoms with Gasteiger partial charge >= 0.3 is 11.9 Å². The molecule has 0 saturated heterocycles. The molecule has 0 aliphatic heterocycles. The zero-order chi connectivity index (χ0) is 17.7. The van der Waals surface area contributed by atoms with E-state index < -0.39 is 29.9 Å². The number of hydrogen-bond donors (Lipinski definition) is 5. The van der Waals surface area contributed by atoms with Gasteiger partial charge in [0.05, 0.1) is 6.04 Å². The molecule has 8 heteroatoms. The van der Waals surface area contributed by atoms with Crippen molar-refractivity contribution in [2.45, 2.75) is 31.3 Å². The lowest BCUT2D eigenvalue weighted by atomic mass is 10.0. The van der Waals surface area contributed by atoms with E-state index in [1.807, 2.05) is 24.3 Å². The van der Waals surface area contributed by atoms with Crippen LogP contribution < -0.4 is 11.1 Å². The van der Waals surface area contributed by atoms with Crippen LogP contribution in [0.3, 0.4) is 0 Å². The normalized spacial score (nSPS) is 13.4. The minimum absolute atomic E-state index is 0.198. The molecule has 24 heavy (non-hydrogen) atoms. The summed E-state index contributed by atoms with van der Waals surface area (Å²) in [5.74, 6) is -3.04. The molecule has 1 aromatic carbocycles. The predicted octanol–water partition coefficient (Wildman–Crippen LogP) is 0.472. The second-order valence-corrected chi connectivity index (χ2v) is 5.50. The van der Waals surface area contributed by atoms with Crippen molar-refractivity contribution in [2.75, 3.05) is 0 Å². The van der Waals surface area contributed by atoms with E-state index in [0.29, 0.717) is 0 Å². The molecule has 0 spiro atoms. The number of amides is 1. The van der Waals surface area contributed by atoms with Gasteiger partial charge in [-0.25, -0.2) is 4.79 Å². The zero-order valence-electron chi connectivity index (χ0n) is 12.9. The third-order valence-electron chi connectivity index (χ3n) is 3.71. The minimum Gasteiger partial charge on any atom is -0.481 e. The standard InChI is InChI=1S/C16H19N3O5/c17-11(7-9-8-18-12-4-2-1-3-10(9)12)15(22)19-13(16(23)24)5-6-14(20)21/h1-4,8,11,13,18H,5-7,17H2,(H,19,22)(H,20,21)(H,23,24)/t11-,13+/m1/s1. The van der Waals surface area contributed by atoms with Gasteiger partial charge in [-0.05, 0) is 24.5 Å². The fourth-order valence-electron chi connectivity index (χ4n) is 2.43. The molecule has 8 nitrogen and oxygen atoms in total. The first-order chi connectivity index (χ1) is 11.4. The Labute approximate surface area is 137 Å². The van der Waals surface area contributed by atoms with Gasteiger partial charge in [-0.3, -0.25) is 9.59 Å². The van der Waals surface area contributed by atoms with Crippen LogP contribution in [-0.4, -0.2) is 45.1 Å². The highest BCUT2D eigenvalue weighted by Gasteiger charge is 2.24. The number of carbonyl (C=O) groups excluding carboxylic acids is 1. The van der Waals surface area contributed by atoms with Crippen LogP contribution in [0, 0.1) is 0 Å². The Kier molecular flexibility index (Phi) is 5.54. The zero-order valence-corrected chi connectivity index (χ0v) is 12.9. The van der Waals surface area contributed by atoms with Crippen LogP contribution in [0.1, 0.15) is 18.4 Å². The first kappa shape index (κ1) is 17.5. The van der Waals surface area contributed by atoms with Gasteiger partial charge in [0, 0.05) is 23.5 Å². The second-order valence-electron chi connectivity index (χ2n) is 5.50. The summed E-state index contributed by atoms with van der Waals surface area (Å²) in [7, 11) is 0. The SMILES string of the molecule is N[C@H](Cc1c[nH]c2ccccc12)C(=O)N[C@@H](CCC(=O)O)C(=O)O. The Balaban J connectivity index is 2.00. The molecule has 0 bridgehead atoms. The van der Waals surface area contributed by atoms with E-state index in [2.05, 4.69) is 10.3 Å². The van der Waals surface area contributed by atoms with Crippen molar-refractivity contribution >= 4 is 28.7 Å². The third kappa shape index (κ3) is 4.32. The molecule has 1 amide bonds. The Morgan fingerprint density at radius 3 is 2.58 bits per heavy atom. The number of H-pyrrole nitrogens is 1. The first-order valence-corrected chi connectivity index (χ1v) is 7.44. The number of aromatic nitrogens is 1. The van der Waals surface area contributed by atoms with Gasteiger partial charge in [0.1, 0.15) is 6.04 Å². The average molecular weight is 333 g/mol. The molecule has 128 valence electrons. The highest BCUT2D eigenvalue weighted by molar-refractivity contribution is 5.88. The van der Waals surface area contributed by atoms with Crippen LogP contribution in [0.15, 0.2) is 30.5 Å².